The number of hydrogen-bond donors (Lipinski definition) is 2. The molecule has 0 unspecified atom stereocenters. The smallest absolute Gasteiger partial charge is 0.221 e. The molecular formula is C15H22N2O. The van der Waals surface area contributed by atoms with Crippen LogP contribution in [0, 0.1) is 5.92 Å². The fraction of sp³-hybridized carbons (Fsp3) is 0.533. The first-order chi connectivity index (χ1) is 8.74. The molecule has 0 heterocycles. The van der Waals surface area contributed by atoms with E-state index < -0.39 is 0 Å². The van der Waals surface area contributed by atoms with Crippen molar-refractivity contribution in [2.24, 2.45) is 5.92 Å². The Balaban J connectivity index is 1.67. The van der Waals surface area contributed by atoms with Gasteiger partial charge in [-0.3, -0.25) is 4.79 Å². The van der Waals surface area contributed by atoms with Crippen LogP contribution in [0.25, 0.3) is 0 Å². The molecule has 1 fully saturated rings. The first kappa shape index (κ1) is 13.1. The summed E-state index contributed by atoms with van der Waals surface area (Å²) >= 11 is 0. The second-order valence-corrected chi connectivity index (χ2v) is 5.14. The van der Waals surface area contributed by atoms with Gasteiger partial charge in [0.2, 0.25) is 5.91 Å². The third-order valence-electron chi connectivity index (χ3n) is 3.56. The number of nitrogens with one attached hydrogen (secondary N) is 2. The van der Waals surface area contributed by atoms with Gasteiger partial charge in [-0.2, -0.15) is 0 Å². The molecule has 1 aliphatic carbocycles. The molecule has 3 nitrogen and oxygen atoms in total. The molecule has 1 amide bonds. The van der Waals surface area contributed by atoms with Crippen molar-refractivity contribution >= 4 is 11.6 Å². The van der Waals surface area contributed by atoms with Crippen LogP contribution >= 0.6 is 0 Å². The van der Waals surface area contributed by atoms with Gasteiger partial charge in [0.15, 0.2) is 0 Å². The highest BCUT2D eigenvalue weighted by atomic mass is 16.1. The molecule has 0 aromatic heterocycles. The molecule has 0 aliphatic heterocycles. The van der Waals surface area contributed by atoms with E-state index in [1.165, 1.54) is 38.2 Å². The Kier molecular flexibility index (Phi) is 4.76. The topological polar surface area (TPSA) is 41.1 Å². The van der Waals surface area contributed by atoms with E-state index >= 15 is 0 Å². The van der Waals surface area contributed by atoms with Crippen molar-refractivity contribution in [1.82, 2.24) is 5.32 Å². The standard InChI is InChI=1S/C15H22N2O/c1-12(18)17-15-7-5-14(6-8-15)11-16-10-9-13-3-2-4-13/h5-8,13,16H,2-4,9-11H2,1H3,(H,17,18). The Hall–Kier alpha value is -1.35. The summed E-state index contributed by atoms with van der Waals surface area (Å²) in [4.78, 5) is 10.9. The second kappa shape index (κ2) is 6.55. The molecule has 0 bridgehead atoms. The lowest BCUT2D eigenvalue weighted by Crippen LogP contribution is -2.21. The van der Waals surface area contributed by atoms with E-state index in [0.29, 0.717) is 0 Å². The highest BCUT2D eigenvalue weighted by Crippen LogP contribution is 2.28. The number of hydrogen-bond acceptors (Lipinski definition) is 2. The van der Waals surface area contributed by atoms with Crippen molar-refractivity contribution in [3.8, 4) is 0 Å². The normalized spacial score (nSPS) is 15.2. The van der Waals surface area contributed by atoms with Crippen molar-refractivity contribution in [3.05, 3.63) is 29.8 Å². The van der Waals surface area contributed by atoms with Gasteiger partial charge in [0.1, 0.15) is 0 Å². The van der Waals surface area contributed by atoms with Crippen LogP contribution in [0.3, 0.4) is 0 Å². The summed E-state index contributed by atoms with van der Waals surface area (Å²) in [6, 6.07) is 8.01. The van der Waals surface area contributed by atoms with Crippen molar-refractivity contribution in [1.29, 1.82) is 0 Å². The van der Waals surface area contributed by atoms with E-state index in [-0.39, 0.29) is 5.91 Å². The number of carbonyl (C=O) groups excluding carboxylic acids is 1. The molecule has 0 atom stereocenters. The lowest BCUT2D eigenvalue weighted by atomic mass is 9.83. The highest BCUT2D eigenvalue weighted by molar-refractivity contribution is 5.88. The van der Waals surface area contributed by atoms with E-state index in [4.69, 9.17) is 0 Å². The highest BCUT2D eigenvalue weighted by Gasteiger charge is 2.15. The van der Waals surface area contributed by atoms with Crippen LogP contribution in [0.1, 0.15) is 38.2 Å². The van der Waals surface area contributed by atoms with Gasteiger partial charge in [0, 0.05) is 19.2 Å². The molecule has 0 radical (unpaired) electrons. The molecule has 2 N–H and O–H groups in total. The number of anilines is 1. The van der Waals surface area contributed by atoms with E-state index in [2.05, 4.69) is 22.8 Å². The number of amides is 1. The lowest BCUT2D eigenvalue weighted by Gasteiger charge is -2.25. The van der Waals surface area contributed by atoms with Crippen LogP contribution in [0.15, 0.2) is 24.3 Å². The predicted octanol–water partition coefficient (Wildman–Crippen LogP) is 2.92. The zero-order chi connectivity index (χ0) is 12.8. The molecule has 1 aromatic carbocycles. The third-order valence-corrected chi connectivity index (χ3v) is 3.56. The van der Waals surface area contributed by atoms with E-state index in [1.807, 2.05) is 12.1 Å². The Morgan fingerprint density at radius 3 is 2.56 bits per heavy atom. The van der Waals surface area contributed by atoms with Crippen LogP contribution < -0.4 is 10.6 Å². The molecule has 0 spiro atoms. The molecule has 1 aliphatic rings. The lowest BCUT2D eigenvalue weighted by molar-refractivity contribution is -0.114. The van der Waals surface area contributed by atoms with Gasteiger partial charge in [-0.15, -0.1) is 0 Å². The predicted molar refractivity (Wildman–Crippen MR) is 74.4 cm³/mol. The number of carbonyl (C=O) groups is 1. The van der Waals surface area contributed by atoms with Crippen LogP contribution in [0.4, 0.5) is 5.69 Å². The Bertz CT molecular complexity index is 382. The fourth-order valence-electron chi connectivity index (χ4n) is 2.23. The first-order valence-electron chi connectivity index (χ1n) is 6.81. The van der Waals surface area contributed by atoms with Crippen molar-refractivity contribution in [2.45, 2.75) is 39.2 Å². The SMILES string of the molecule is CC(=O)Nc1ccc(CNCCC2CCC2)cc1. The zero-order valence-corrected chi connectivity index (χ0v) is 11.0. The van der Waals surface area contributed by atoms with Gasteiger partial charge in [-0.25, -0.2) is 0 Å². The summed E-state index contributed by atoms with van der Waals surface area (Å²) in [6.07, 6.45) is 5.58. The molecule has 1 saturated carbocycles. The molecule has 1 aromatic rings. The Morgan fingerprint density at radius 2 is 2.00 bits per heavy atom. The van der Waals surface area contributed by atoms with Gasteiger partial charge in [0.05, 0.1) is 0 Å². The van der Waals surface area contributed by atoms with Gasteiger partial charge >= 0.3 is 0 Å². The minimum Gasteiger partial charge on any atom is -0.326 e. The minimum absolute atomic E-state index is 0.0265. The minimum atomic E-state index is -0.0265. The summed E-state index contributed by atoms with van der Waals surface area (Å²) in [7, 11) is 0. The fourth-order valence-corrected chi connectivity index (χ4v) is 2.23. The van der Waals surface area contributed by atoms with E-state index in [9.17, 15) is 4.79 Å². The maximum Gasteiger partial charge on any atom is 0.221 e. The molecule has 0 saturated heterocycles. The number of rotatable bonds is 6. The average Bonchev–Trinajstić information content (AvgIpc) is 2.28. The number of benzene rings is 1. The first-order valence-corrected chi connectivity index (χ1v) is 6.81. The quantitative estimate of drug-likeness (QED) is 0.758. The zero-order valence-electron chi connectivity index (χ0n) is 11.0. The van der Waals surface area contributed by atoms with E-state index in [0.717, 1.165) is 24.7 Å². The monoisotopic (exact) mass is 246 g/mol. The van der Waals surface area contributed by atoms with Gasteiger partial charge in [-0.05, 0) is 36.6 Å². The largest absolute Gasteiger partial charge is 0.326 e. The second-order valence-electron chi connectivity index (χ2n) is 5.14. The average molecular weight is 246 g/mol. The maximum absolute atomic E-state index is 10.9. The Morgan fingerprint density at radius 1 is 1.28 bits per heavy atom. The van der Waals surface area contributed by atoms with Crippen LogP contribution in [-0.4, -0.2) is 12.5 Å². The molecule has 18 heavy (non-hydrogen) atoms. The van der Waals surface area contributed by atoms with Gasteiger partial charge in [0.25, 0.3) is 0 Å². The van der Waals surface area contributed by atoms with Crippen LogP contribution in [-0.2, 0) is 11.3 Å². The molecule has 98 valence electrons. The molecular weight excluding hydrogens is 224 g/mol. The Labute approximate surface area is 109 Å². The summed E-state index contributed by atoms with van der Waals surface area (Å²) < 4.78 is 0. The van der Waals surface area contributed by atoms with Gasteiger partial charge < -0.3 is 10.6 Å². The van der Waals surface area contributed by atoms with Crippen molar-refractivity contribution < 1.29 is 4.79 Å². The molecule has 3 heteroatoms. The van der Waals surface area contributed by atoms with Crippen molar-refractivity contribution in [2.75, 3.05) is 11.9 Å². The summed E-state index contributed by atoms with van der Waals surface area (Å²) in [6.45, 7) is 3.54. The van der Waals surface area contributed by atoms with Crippen molar-refractivity contribution in [3.63, 3.8) is 0 Å². The maximum atomic E-state index is 10.9. The van der Waals surface area contributed by atoms with Crippen LogP contribution in [0.5, 0.6) is 0 Å². The summed E-state index contributed by atoms with van der Waals surface area (Å²) in [5, 5.41) is 6.24. The van der Waals surface area contributed by atoms with E-state index in [1.54, 1.807) is 0 Å². The molecule has 2 rings (SSSR count). The summed E-state index contributed by atoms with van der Waals surface area (Å²) in [5.41, 5.74) is 2.12. The third kappa shape index (κ3) is 4.15. The van der Waals surface area contributed by atoms with Gasteiger partial charge in [-0.1, -0.05) is 31.4 Å². The summed E-state index contributed by atoms with van der Waals surface area (Å²) in [5.74, 6) is 0.945. The van der Waals surface area contributed by atoms with Crippen LogP contribution in [0.2, 0.25) is 0 Å².